The fourth-order valence-corrected chi connectivity index (χ4v) is 6.48. The molecule has 40 heavy (non-hydrogen) atoms. The molecular weight excluding hydrogens is 575 g/mol. The molecule has 1 saturated heterocycles. The van der Waals surface area contributed by atoms with Gasteiger partial charge in [0.25, 0.3) is 21.6 Å². The number of amidine groups is 1. The lowest BCUT2D eigenvalue weighted by atomic mass is 10.1. The van der Waals surface area contributed by atoms with Crippen LogP contribution in [-0.4, -0.2) is 51.0 Å². The Bertz CT molecular complexity index is 1760. The molecule has 0 atom stereocenters. The third-order valence-corrected chi connectivity index (χ3v) is 8.71. The van der Waals surface area contributed by atoms with Crippen molar-refractivity contribution in [3.63, 3.8) is 0 Å². The summed E-state index contributed by atoms with van der Waals surface area (Å²) < 4.78 is 27.6. The zero-order valence-electron chi connectivity index (χ0n) is 20.4. The summed E-state index contributed by atoms with van der Waals surface area (Å²) in [5.74, 6) is -0.304. The maximum atomic E-state index is 13.2. The van der Waals surface area contributed by atoms with Crippen LogP contribution in [0.25, 0.3) is 17.3 Å². The van der Waals surface area contributed by atoms with Crippen LogP contribution in [-0.2, 0) is 14.8 Å². The second-order valence-corrected chi connectivity index (χ2v) is 11.7. The number of carbonyl (C=O) groups is 1. The zero-order valence-corrected chi connectivity index (χ0v) is 22.9. The first-order valence-corrected chi connectivity index (χ1v) is 14.6. The van der Waals surface area contributed by atoms with Crippen LogP contribution >= 0.6 is 23.1 Å². The fraction of sp³-hybridized carbons (Fsp3) is 0.0400. The van der Waals surface area contributed by atoms with E-state index in [-0.39, 0.29) is 28.2 Å². The van der Waals surface area contributed by atoms with Crippen LogP contribution in [0, 0.1) is 10.1 Å². The van der Waals surface area contributed by atoms with E-state index in [0.29, 0.717) is 32.6 Å². The number of hydrogen-bond acceptors (Lipinski definition) is 10. The number of amides is 1. The van der Waals surface area contributed by atoms with E-state index in [4.69, 9.17) is 0 Å². The Labute approximate surface area is 236 Å². The van der Waals surface area contributed by atoms with Crippen LogP contribution in [0.3, 0.4) is 0 Å². The van der Waals surface area contributed by atoms with E-state index in [1.54, 1.807) is 41.8 Å². The highest BCUT2D eigenvalue weighted by Gasteiger charge is 2.33. The molecule has 1 aliphatic heterocycles. The topological polar surface area (TPSA) is 164 Å². The third-order valence-electron chi connectivity index (χ3n) is 5.53. The van der Waals surface area contributed by atoms with Crippen molar-refractivity contribution in [3.05, 3.63) is 99.5 Å². The van der Waals surface area contributed by atoms with Gasteiger partial charge >= 0.3 is 0 Å². The molecule has 12 nitrogen and oxygen atoms in total. The van der Waals surface area contributed by atoms with Crippen molar-refractivity contribution in [2.24, 2.45) is 4.99 Å². The number of nitro benzene ring substituents is 1. The number of sulfonamides is 1. The lowest BCUT2D eigenvalue weighted by Crippen LogP contribution is -2.29. The summed E-state index contributed by atoms with van der Waals surface area (Å²) in [5.41, 5.74) is 2.01. The number of non-ortho nitro benzene ring substituents is 1. The van der Waals surface area contributed by atoms with Gasteiger partial charge in [-0.05, 0) is 42.1 Å². The molecule has 1 fully saturated rings. The van der Waals surface area contributed by atoms with Crippen molar-refractivity contribution >= 4 is 66.8 Å². The van der Waals surface area contributed by atoms with Crippen LogP contribution in [0.5, 0.6) is 0 Å². The van der Waals surface area contributed by atoms with E-state index >= 15 is 0 Å². The maximum absolute atomic E-state index is 13.2. The number of rotatable bonds is 9. The molecule has 202 valence electrons. The summed E-state index contributed by atoms with van der Waals surface area (Å²) in [6, 6.07) is 12.0. The number of aromatic amines is 1. The van der Waals surface area contributed by atoms with Crippen LogP contribution in [0.4, 0.5) is 16.5 Å². The van der Waals surface area contributed by atoms with Gasteiger partial charge in [0.1, 0.15) is 0 Å². The van der Waals surface area contributed by atoms with Gasteiger partial charge in [0.2, 0.25) is 0 Å². The molecule has 5 rings (SSSR count). The third kappa shape index (κ3) is 5.70. The van der Waals surface area contributed by atoms with E-state index in [9.17, 15) is 23.3 Å². The Morgan fingerprint density at radius 2 is 2.02 bits per heavy atom. The first-order valence-electron chi connectivity index (χ1n) is 11.5. The number of anilines is 1. The SMILES string of the molecule is C=CCN1C(=O)/C(=C/c2cn[nH]c2-c2cccc([N+](=O)[O-])c2)SC1=Nc1ccc(S(=O)(=O)Nc2nccs2)cc1. The van der Waals surface area contributed by atoms with Crippen molar-refractivity contribution in [3.8, 4) is 11.3 Å². The molecule has 0 saturated carbocycles. The Morgan fingerprint density at radius 1 is 1.23 bits per heavy atom. The molecule has 0 unspecified atom stereocenters. The molecular formula is C25H19N7O5S3. The monoisotopic (exact) mass is 593 g/mol. The molecule has 1 amide bonds. The number of benzene rings is 2. The highest BCUT2D eigenvalue weighted by molar-refractivity contribution is 8.18. The van der Waals surface area contributed by atoms with E-state index in [1.807, 2.05) is 0 Å². The van der Waals surface area contributed by atoms with Gasteiger partial charge in [0, 0.05) is 41.4 Å². The lowest BCUT2D eigenvalue weighted by Gasteiger charge is -2.12. The largest absolute Gasteiger partial charge is 0.283 e. The van der Waals surface area contributed by atoms with Gasteiger partial charge in [0.05, 0.1) is 32.3 Å². The van der Waals surface area contributed by atoms with Gasteiger partial charge in [-0.1, -0.05) is 18.2 Å². The number of hydrogen-bond donors (Lipinski definition) is 2. The summed E-state index contributed by atoms with van der Waals surface area (Å²) in [5, 5.41) is 20.4. The summed E-state index contributed by atoms with van der Waals surface area (Å²) in [7, 11) is -3.82. The average Bonchev–Trinajstić information content (AvgIpc) is 3.68. The Morgan fingerprint density at radius 3 is 2.73 bits per heavy atom. The molecule has 1 aliphatic rings. The van der Waals surface area contributed by atoms with Crippen molar-refractivity contribution in [2.45, 2.75) is 4.90 Å². The molecule has 2 aromatic carbocycles. The minimum atomic E-state index is -3.82. The minimum Gasteiger partial charge on any atom is -0.283 e. The van der Waals surface area contributed by atoms with E-state index in [2.05, 4.69) is 31.5 Å². The standard InChI is InChI=1S/C25H19N7O5S3/c1-2-11-31-23(33)21(14-17-15-27-29-22(17)16-4-3-5-19(13-16)32(34)35)39-25(31)28-18-6-8-20(9-7-18)40(36,37)30-24-26-10-12-38-24/h2-10,12-15H,1,11H2,(H,26,30)(H,27,29)/b21-14-,28-25?. The number of thiazole rings is 1. The van der Waals surface area contributed by atoms with Gasteiger partial charge in [-0.2, -0.15) is 5.10 Å². The van der Waals surface area contributed by atoms with Gasteiger partial charge in [-0.3, -0.25) is 29.6 Å². The van der Waals surface area contributed by atoms with Crippen LogP contribution < -0.4 is 4.72 Å². The van der Waals surface area contributed by atoms with Gasteiger partial charge in [-0.25, -0.2) is 18.4 Å². The predicted octanol–water partition coefficient (Wildman–Crippen LogP) is 5.03. The molecule has 2 aromatic heterocycles. The molecule has 3 heterocycles. The van der Waals surface area contributed by atoms with Crippen molar-refractivity contribution in [2.75, 3.05) is 11.3 Å². The summed E-state index contributed by atoms with van der Waals surface area (Å²) in [4.78, 5) is 34.3. The summed E-state index contributed by atoms with van der Waals surface area (Å²) in [6.45, 7) is 3.92. The van der Waals surface area contributed by atoms with Gasteiger partial charge in [0.15, 0.2) is 10.3 Å². The highest BCUT2D eigenvalue weighted by atomic mass is 32.2. The van der Waals surface area contributed by atoms with Crippen molar-refractivity contribution in [1.82, 2.24) is 20.1 Å². The van der Waals surface area contributed by atoms with Crippen molar-refractivity contribution < 1.29 is 18.1 Å². The van der Waals surface area contributed by atoms with E-state index in [0.717, 1.165) is 11.8 Å². The first-order chi connectivity index (χ1) is 19.2. The number of nitrogens with one attached hydrogen (secondary N) is 2. The van der Waals surface area contributed by atoms with Crippen LogP contribution in [0.2, 0.25) is 0 Å². The zero-order chi connectivity index (χ0) is 28.3. The number of carbonyl (C=O) groups excluding carboxylic acids is 1. The van der Waals surface area contributed by atoms with Gasteiger partial charge in [-0.15, -0.1) is 17.9 Å². The Hall–Kier alpha value is -4.60. The Balaban J connectivity index is 1.42. The quantitative estimate of drug-likeness (QED) is 0.118. The highest BCUT2D eigenvalue weighted by Crippen LogP contribution is 2.36. The molecule has 0 radical (unpaired) electrons. The average molecular weight is 594 g/mol. The smallest absolute Gasteiger partial charge is 0.270 e. The molecule has 4 aromatic rings. The van der Waals surface area contributed by atoms with Gasteiger partial charge < -0.3 is 0 Å². The number of aromatic nitrogens is 3. The first kappa shape index (κ1) is 27.0. The number of H-pyrrole nitrogens is 1. The second kappa shape index (κ2) is 11.3. The molecule has 15 heteroatoms. The van der Waals surface area contributed by atoms with Crippen molar-refractivity contribution in [1.29, 1.82) is 0 Å². The number of nitro groups is 1. The fourth-order valence-electron chi connectivity index (χ4n) is 3.69. The Kier molecular flexibility index (Phi) is 7.59. The number of nitrogens with zero attached hydrogens (tertiary/aromatic N) is 5. The molecule has 0 bridgehead atoms. The molecule has 0 spiro atoms. The molecule has 2 N–H and O–H groups in total. The second-order valence-electron chi connectivity index (χ2n) is 8.15. The number of aliphatic imine (C=N–C) groups is 1. The molecule has 0 aliphatic carbocycles. The van der Waals surface area contributed by atoms with Crippen LogP contribution in [0.1, 0.15) is 5.56 Å². The van der Waals surface area contributed by atoms with E-state index in [1.165, 1.54) is 52.9 Å². The summed E-state index contributed by atoms with van der Waals surface area (Å²) >= 11 is 2.30. The summed E-state index contributed by atoms with van der Waals surface area (Å²) in [6.07, 6.45) is 6.24. The normalized spacial score (nSPS) is 15.6. The predicted molar refractivity (Wildman–Crippen MR) is 155 cm³/mol. The van der Waals surface area contributed by atoms with E-state index < -0.39 is 14.9 Å². The van der Waals surface area contributed by atoms with Crippen LogP contribution in [0.15, 0.2) is 93.8 Å². The lowest BCUT2D eigenvalue weighted by molar-refractivity contribution is -0.384. The number of thioether (sulfide) groups is 1. The maximum Gasteiger partial charge on any atom is 0.270 e. The minimum absolute atomic E-state index is 0.0407.